The fourth-order valence-electron chi connectivity index (χ4n) is 3.92. The molecule has 10 heteroatoms. The molecule has 0 aliphatic carbocycles. The average Bonchev–Trinajstić information content (AvgIpc) is 3.43. The number of hydrogen-bond acceptors (Lipinski definition) is 7. The highest BCUT2D eigenvalue weighted by atomic mass is 32.2. The minimum Gasteiger partial charge on any atom is -0.490 e. The second-order valence-electron chi connectivity index (χ2n) is 8.11. The van der Waals surface area contributed by atoms with Gasteiger partial charge in [-0.25, -0.2) is 9.07 Å². The van der Waals surface area contributed by atoms with Crippen LogP contribution in [0.5, 0.6) is 11.5 Å². The van der Waals surface area contributed by atoms with Gasteiger partial charge in [-0.3, -0.25) is 4.79 Å². The van der Waals surface area contributed by atoms with E-state index in [2.05, 4.69) is 15.6 Å². The minimum atomic E-state index is -0.313. The van der Waals surface area contributed by atoms with Crippen LogP contribution in [-0.2, 0) is 17.0 Å². The van der Waals surface area contributed by atoms with Crippen molar-refractivity contribution < 1.29 is 23.4 Å². The lowest BCUT2D eigenvalue weighted by molar-refractivity contribution is 0.0899. The summed E-state index contributed by atoms with van der Waals surface area (Å²) in [4.78, 5) is 14.3. The molecule has 3 aromatic rings. The van der Waals surface area contributed by atoms with Crippen molar-refractivity contribution in [3.63, 3.8) is 0 Å². The van der Waals surface area contributed by atoms with Crippen molar-refractivity contribution in [3.05, 3.63) is 59.7 Å². The Hall–Kier alpha value is -3.11. The predicted octanol–water partition coefficient (Wildman–Crippen LogP) is 4.30. The number of hydrogen-bond donors (Lipinski definition) is 1. The highest BCUT2D eigenvalue weighted by Gasteiger charge is 2.25. The van der Waals surface area contributed by atoms with Crippen molar-refractivity contribution in [1.29, 1.82) is 0 Å². The van der Waals surface area contributed by atoms with Gasteiger partial charge in [0.15, 0.2) is 17.2 Å². The zero-order chi connectivity index (χ0) is 23.3. The molecule has 2 aliphatic rings. The maximum Gasteiger partial charge on any atom is 0.275 e. The summed E-state index contributed by atoms with van der Waals surface area (Å²) in [6.45, 7) is 2.33. The zero-order valence-corrected chi connectivity index (χ0v) is 19.4. The van der Waals surface area contributed by atoms with E-state index in [1.165, 1.54) is 23.9 Å². The van der Waals surface area contributed by atoms with Gasteiger partial charge in [-0.2, -0.15) is 0 Å². The summed E-state index contributed by atoms with van der Waals surface area (Å²) in [7, 11) is 0. The van der Waals surface area contributed by atoms with Crippen LogP contribution < -0.4 is 14.8 Å². The Kier molecular flexibility index (Phi) is 6.96. The maximum absolute atomic E-state index is 13.4. The van der Waals surface area contributed by atoms with Crippen molar-refractivity contribution in [2.45, 2.75) is 42.6 Å². The quantitative estimate of drug-likeness (QED) is 0.500. The fourth-order valence-corrected chi connectivity index (χ4v) is 4.74. The number of benzene rings is 2. The lowest BCUT2D eigenvalue weighted by Gasteiger charge is -2.14. The lowest BCUT2D eigenvalue weighted by Crippen LogP contribution is -2.24. The molecule has 2 aromatic carbocycles. The molecule has 178 valence electrons. The molecular formula is C24H25FN4O4S. The molecule has 1 amide bonds. The van der Waals surface area contributed by atoms with Gasteiger partial charge in [-0.05, 0) is 49.2 Å². The molecular weight excluding hydrogens is 459 g/mol. The third-order valence-electron chi connectivity index (χ3n) is 5.62. The third-order valence-corrected chi connectivity index (χ3v) is 6.64. The highest BCUT2D eigenvalue weighted by molar-refractivity contribution is 7.98. The molecule has 0 spiro atoms. The number of rotatable bonds is 7. The number of aromatic nitrogens is 3. The number of anilines is 1. The standard InChI is InChI=1S/C24H25FN4O4S/c25-16-4-7-19(8-5-16)34-15-20-23(29(28-27-20)14-18-3-1-10-31-18)24(30)26-17-6-9-21-22(13-17)33-12-2-11-32-21/h4-9,13,18H,1-3,10-12,14-15H2,(H,26,30). The van der Waals surface area contributed by atoms with Crippen LogP contribution in [0.25, 0.3) is 0 Å². The van der Waals surface area contributed by atoms with E-state index in [1.54, 1.807) is 35.0 Å². The van der Waals surface area contributed by atoms with E-state index in [0.29, 0.717) is 60.7 Å². The van der Waals surface area contributed by atoms with Crippen LogP contribution in [0.2, 0.25) is 0 Å². The monoisotopic (exact) mass is 484 g/mol. The Morgan fingerprint density at radius 3 is 2.71 bits per heavy atom. The van der Waals surface area contributed by atoms with E-state index in [9.17, 15) is 9.18 Å². The molecule has 1 atom stereocenters. The summed E-state index contributed by atoms with van der Waals surface area (Å²) in [6, 6.07) is 11.6. The van der Waals surface area contributed by atoms with E-state index >= 15 is 0 Å². The first-order chi connectivity index (χ1) is 16.7. The molecule has 34 heavy (non-hydrogen) atoms. The van der Waals surface area contributed by atoms with E-state index < -0.39 is 0 Å². The average molecular weight is 485 g/mol. The second kappa shape index (κ2) is 10.4. The Morgan fingerprint density at radius 2 is 1.91 bits per heavy atom. The van der Waals surface area contributed by atoms with Gasteiger partial charge < -0.3 is 19.5 Å². The summed E-state index contributed by atoms with van der Waals surface area (Å²) in [5, 5.41) is 11.5. The molecule has 3 heterocycles. The number of thioether (sulfide) groups is 1. The number of carbonyl (C=O) groups is 1. The van der Waals surface area contributed by atoms with Crippen LogP contribution in [0.3, 0.4) is 0 Å². The number of nitrogens with zero attached hydrogens (tertiary/aromatic N) is 3. The van der Waals surface area contributed by atoms with Crippen molar-refractivity contribution >= 4 is 23.4 Å². The summed E-state index contributed by atoms with van der Waals surface area (Å²) in [5.41, 5.74) is 1.53. The van der Waals surface area contributed by atoms with Gasteiger partial charge >= 0.3 is 0 Å². The van der Waals surface area contributed by atoms with Crippen molar-refractivity contribution in [2.24, 2.45) is 0 Å². The van der Waals surface area contributed by atoms with Gasteiger partial charge in [-0.15, -0.1) is 16.9 Å². The third kappa shape index (κ3) is 5.34. The largest absolute Gasteiger partial charge is 0.490 e. The first-order valence-corrected chi connectivity index (χ1v) is 12.3. The summed E-state index contributed by atoms with van der Waals surface area (Å²) in [5.74, 6) is 1.08. The Labute approximate surface area is 200 Å². The maximum atomic E-state index is 13.4. The zero-order valence-electron chi connectivity index (χ0n) is 18.5. The second-order valence-corrected chi connectivity index (χ2v) is 9.16. The van der Waals surface area contributed by atoms with E-state index in [4.69, 9.17) is 14.2 Å². The summed E-state index contributed by atoms with van der Waals surface area (Å²) in [6.07, 6.45) is 2.72. The molecule has 5 rings (SSSR count). The topological polar surface area (TPSA) is 87.5 Å². The van der Waals surface area contributed by atoms with E-state index in [0.717, 1.165) is 24.2 Å². The first-order valence-electron chi connectivity index (χ1n) is 11.3. The van der Waals surface area contributed by atoms with Crippen molar-refractivity contribution in [1.82, 2.24) is 15.0 Å². The fraction of sp³-hybridized carbons (Fsp3) is 0.375. The van der Waals surface area contributed by atoms with Crippen LogP contribution in [0, 0.1) is 5.82 Å². The van der Waals surface area contributed by atoms with Gasteiger partial charge in [0.25, 0.3) is 5.91 Å². The number of nitrogens with one attached hydrogen (secondary N) is 1. The molecule has 1 aromatic heterocycles. The molecule has 8 nitrogen and oxygen atoms in total. The lowest BCUT2D eigenvalue weighted by atomic mass is 10.2. The molecule has 0 saturated carbocycles. The van der Waals surface area contributed by atoms with Gasteiger partial charge in [0.2, 0.25) is 0 Å². The summed E-state index contributed by atoms with van der Waals surface area (Å²) < 4.78 is 32.0. The SMILES string of the molecule is O=C(Nc1ccc2c(c1)OCCCO2)c1c(CSc2ccc(F)cc2)nnn1CC1CCCO1. The number of carbonyl (C=O) groups excluding carboxylic acids is 1. The Bertz CT molecular complexity index is 1150. The Balaban J connectivity index is 1.37. The summed E-state index contributed by atoms with van der Waals surface area (Å²) >= 11 is 1.47. The number of ether oxygens (including phenoxy) is 3. The number of halogens is 1. The van der Waals surface area contributed by atoms with Gasteiger partial charge in [0.1, 0.15) is 11.5 Å². The molecule has 1 unspecified atom stereocenters. The van der Waals surface area contributed by atoms with Crippen LogP contribution in [0.15, 0.2) is 47.4 Å². The Morgan fingerprint density at radius 1 is 1.09 bits per heavy atom. The molecule has 1 fully saturated rings. The van der Waals surface area contributed by atoms with Gasteiger partial charge in [0, 0.05) is 35.4 Å². The normalized spacial score (nSPS) is 17.4. The van der Waals surface area contributed by atoms with Crippen molar-refractivity contribution in [3.8, 4) is 11.5 Å². The predicted molar refractivity (Wildman–Crippen MR) is 125 cm³/mol. The minimum absolute atomic E-state index is 0.00361. The molecule has 1 N–H and O–H groups in total. The van der Waals surface area contributed by atoms with Crippen molar-refractivity contribution in [2.75, 3.05) is 25.1 Å². The van der Waals surface area contributed by atoms with Gasteiger partial charge in [0.05, 0.1) is 25.9 Å². The van der Waals surface area contributed by atoms with Gasteiger partial charge in [-0.1, -0.05) is 5.21 Å². The van der Waals surface area contributed by atoms with Crippen LogP contribution in [-0.4, -0.2) is 46.8 Å². The van der Waals surface area contributed by atoms with Crippen LogP contribution in [0.1, 0.15) is 35.4 Å². The molecule has 1 saturated heterocycles. The smallest absolute Gasteiger partial charge is 0.275 e. The number of fused-ring (bicyclic) bond motifs is 1. The molecule has 0 radical (unpaired) electrons. The van der Waals surface area contributed by atoms with E-state index in [1.807, 2.05) is 0 Å². The highest BCUT2D eigenvalue weighted by Crippen LogP contribution is 2.33. The van der Waals surface area contributed by atoms with Crippen LogP contribution >= 0.6 is 11.8 Å². The van der Waals surface area contributed by atoms with Crippen LogP contribution in [0.4, 0.5) is 10.1 Å². The first kappa shape index (κ1) is 22.7. The molecule has 0 bridgehead atoms. The number of amides is 1. The molecule has 2 aliphatic heterocycles. The van der Waals surface area contributed by atoms with E-state index in [-0.39, 0.29) is 17.8 Å².